The van der Waals surface area contributed by atoms with Crippen LogP contribution >= 0.6 is 0 Å². The molecule has 0 spiro atoms. The van der Waals surface area contributed by atoms with E-state index in [4.69, 9.17) is 4.74 Å². The topological polar surface area (TPSA) is 88.6 Å². The molecule has 3 rings (SSSR count). The van der Waals surface area contributed by atoms with Crippen molar-refractivity contribution in [3.63, 3.8) is 0 Å². The van der Waals surface area contributed by atoms with E-state index in [-0.39, 0.29) is 24.6 Å². The van der Waals surface area contributed by atoms with Gasteiger partial charge in [-0.25, -0.2) is 13.1 Å². The summed E-state index contributed by atoms with van der Waals surface area (Å²) in [6.07, 6.45) is 3.34. The van der Waals surface area contributed by atoms with Gasteiger partial charge in [0.25, 0.3) is 0 Å². The van der Waals surface area contributed by atoms with E-state index in [1.165, 1.54) is 0 Å². The van der Waals surface area contributed by atoms with E-state index in [0.29, 0.717) is 31.7 Å². The fraction of sp³-hybridized carbons (Fsp3) is 0.455. The number of methoxy groups -OCH3 is 1. The summed E-state index contributed by atoms with van der Waals surface area (Å²) < 4.78 is 32.1. The van der Waals surface area contributed by atoms with Gasteiger partial charge in [0.05, 0.1) is 19.3 Å². The van der Waals surface area contributed by atoms with Crippen molar-refractivity contribution in [1.82, 2.24) is 14.6 Å². The summed E-state index contributed by atoms with van der Waals surface area (Å²) in [6.45, 7) is 5.04. The first-order chi connectivity index (χ1) is 14.3. The fourth-order valence-electron chi connectivity index (χ4n) is 3.82. The van der Waals surface area contributed by atoms with Crippen LogP contribution in [0, 0.1) is 6.92 Å². The van der Waals surface area contributed by atoms with Gasteiger partial charge < -0.3 is 9.64 Å². The zero-order valence-corrected chi connectivity index (χ0v) is 18.6. The first-order valence-corrected chi connectivity index (χ1v) is 11.8. The smallest absolute Gasteiger partial charge is 0.227 e. The summed E-state index contributed by atoms with van der Waals surface area (Å²) in [6, 6.07) is 7.54. The summed E-state index contributed by atoms with van der Waals surface area (Å²) in [4.78, 5) is 19.2. The lowest BCUT2D eigenvalue weighted by atomic mass is 9.94. The third-order valence-corrected chi connectivity index (χ3v) is 6.95. The number of carbonyl (C=O) groups excluding carboxylic acids is 1. The van der Waals surface area contributed by atoms with Crippen LogP contribution in [0.5, 0.6) is 5.75 Å². The van der Waals surface area contributed by atoms with Crippen molar-refractivity contribution < 1.29 is 17.9 Å². The molecular weight excluding hydrogens is 402 g/mol. The maximum Gasteiger partial charge on any atom is 0.227 e. The molecule has 0 atom stereocenters. The normalized spacial score (nSPS) is 13.8. The molecule has 1 aliphatic rings. The first kappa shape index (κ1) is 22.2. The third-order valence-electron chi connectivity index (χ3n) is 5.42. The van der Waals surface area contributed by atoms with E-state index in [0.717, 1.165) is 27.9 Å². The molecule has 0 saturated carbocycles. The second-order valence-electron chi connectivity index (χ2n) is 7.52. The van der Waals surface area contributed by atoms with Crippen molar-refractivity contribution in [2.75, 3.05) is 19.4 Å². The zero-order valence-electron chi connectivity index (χ0n) is 17.8. The Bertz CT molecular complexity index is 1020. The Hall–Kier alpha value is -2.45. The van der Waals surface area contributed by atoms with E-state index in [1.54, 1.807) is 13.3 Å². The molecule has 30 heavy (non-hydrogen) atoms. The average Bonchev–Trinajstić information content (AvgIpc) is 2.73. The molecule has 0 fully saturated rings. The minimum absolute atomic E-state index is 0.0379. The number of hydrogen-bond donors (Lipinski definition) is 1. The number of pyridine rings is 1. The number of nitrogens with one attached hydrogen (secondary N) is 1. The summed E-state index contributed by atoms with van der Waals surface area (Å²) in [5.41, 5.74) is 4.68. The second kappa shape index (κ2) is 9.57. The van der Waals surface area contributed by atoms with Crippen LogP contribution in [0.3, 0.4) is 0 Å². The Morgan fingerprint density at radius 3 is 2.80 bits per heavy atom. The summed E-state index contributed by atoms with van der Waals surface area (Å²) >= 11 is 0. The standard InChI is InChI=1S/C22H29N3O4S/c1-4-11-30(27,28)24-14-20-16(2)23-13-18-15-25(10-9-19(18)20)22(26)12-17-7-5-6-8-21(17)29-3/h5-8,13,24H,4,9-12,14-15H2,1-3H3. The second-order valence-corrected chi connectivity index (χ2v) is 9.45. The number of sulfonamides is 1. The number of hydrogen-bond acceptors (Lipinski definition) is 5. The van der Waals surface area contributed by atoms with Crippen molar-refractivity contribution >= 4 is 15.9 Å². The number of ether oxygens (including phenoxy) is 1. The predicted molar refractivity (Wildman–Crippen MR) is 116 cm³/mol. The highest BCUT2D eigenvalue weighted by Crippen LogP contribution is 2.25. The number of amides is 1. The zero-order chi connectivity index (χ0) is 21.7. The Balaban J connectivity index is 1.74. The van der Waals surface area contributed by atoms with Crippen molar-refractivity contribution in [3.05, 3.63) is 58.4 Å². The number of fused-ring (bicyclic) bond motifs is 1. The van der Waals surface area contributed by atoms with Crippen LogP contribution in [-0.4, -0.2) is 43.6 Å². The lowest BCUT2D eigenvalue weighted by Gasteiger charge is -2.31. The third kappa shape index (κ3) is 5.17. The minimum atomic E-state index is -3.29. The molecule has 7 nitrogen and oxygen atoms in total. The van der Waals surface area contributed by atoms with Crippen molar-refractivity contribution in [2.45, 2.75) is 46.2 Å². The van der Waals surface area contributed by atoms with Crippen LogP contribution in [0.2, 0.25) is 0 Å². The first-order valence-electron chi connectivity index (χ1n) is 10.2. The molecule has 1 aromatic carbocycles. The van der Waals surface area contributed by atoms with Crippen LogP contribution in [0.25, 0.3) is 0 Å². The van der Waals surface area contributed by atoms with Gasteiger partial charge in [-0.2, -0.15) is 0 Å². The van der Waals surface area contributed by atoms with Crippen LogP contribution in [0.1, 0.15) is 41.3 Å². The van der Waals surface area contributed by atoms with Gasteiger partial charge in [0.2, 0.25) is 15.9 Å². The monoisotopic (exact) mass is 431 g/mol. The number of benzene rings is 1. The van der Waals surface area contributed by atoms with E-state index < -0.39 is 10.0 Å². The van der Waals surface area contributed by atoms with Gasteiger partial charge in [0.15, 0.2) is 0 Å². The quantitative estimate of drug-likeness (QED) is 0.693. The fourth-order valence-corrected chi connectivity index (χ4v) is 4.86. The molecular formula is C22H29N3O4S. The van der Waals surface area contributed by atoms with Crippen molar-refractivity contribution in [3.8, 4) is 5.75 Å². The Morgan fingerprint density at radius 1 is 1.30 bits per heavy atom. The number of rotatable bonds is 8. The molecule has 1 amide bonds. The van der Waals surface area contributed by atoms with E-state index in [2.05, 4.69) is 9.71 Å². The molecule has 1 aromatic heterocycles. The van der Waals surface area contributed by atoms with Crippen molar-refractivity contribution in [1.29, 1.82) is 0 Å². The Labute approximate surface area is 178 Å². The van der Waals surface area contributed by atoms with E-state index in [1.807, 2.05) is 43.0 Å². The molecule has 8 heteroatoms. The van der Waals surface area contributed by atoms with Gasteiger partial charge in [-0.3, -0.25) is 9.78 Å². The van der Waals surface area contributed by atoms with E-state index in [9.17, 15) is 13.2 Å². The van der Waals surface area contributed by atoms with Gasteiger partial charge >= 0.3 is 0 Å². The molecule has 1 aliphatic heterocycles. The summed E-state index contributed by atoms with van der Waals surface area (Å²) in [7, 11) is -1.69. The van der Waals surface area contributed by atoms with Crippen molar-refractivity contribution in [2.24, 2.45) is 0 Å². The molecule has 2 heterocycles. The Morgan fingerprint density at radius 2 is 2.07 bits per heavy atom. The lowest BCUT2D eigenvalue weighted by molar-refractivity contribution is -0.131. The number of nitrogens with zero attached hydrogens (tertiary/aromatic N) is 2. The molecule has 162 valence electrons. The van der Waals surface area contributed by atoms with Crippen LogP contribution in [0.15, 0.2) is 30.5 Å². The maximum atomic E-state index is 12.9. The molecule has 2 aromatic rings. The number of aromatic nitrogens is 1. The van der Waals surface area contributed by atoms with Gasteiger partial charge in [0.1, 0.15) is 5.75 Å². The lowest BCUT2D eigenvalue weighted by Crippen LogP contribution is -2.38. The maximum absolute atomic E-state index is 12.9. The number of para-hydroxylation sites is 1. The molecule has 1 N–H and O–H groups in total. The van der Waals surface area contributed by atoms with Gasteiger partial charge in [-0.1, -0.05) is 25.1 Å². The molecule has 0 bridgehead atoms. The summed E-state index contributed by atoms with van der Waals surface area (Å²) in [5, 5.41) is 0. The van der Waals surface area contributed by atoms with Gasteiger partial charge in [-0.15, -0.1) is 0 Å². The van der Waals surface area contributed by atoms with Crippen LogP contribution in [-0.2, 0) is 40.7 Å². The Kier molecular flexibility index (Phi) is 7.10. The van der Waals surface area contributed by atoms with Gasteiger partial charge in [0, 0.05) is 37.1 Å². The number of carbonyl (C=O) groups is 1. The predicted octanol–water partition coefficient (Wildman–Crippen LogP) is 2.36. The number of aryl methyl sites for hydroxylation is 1. The highest BCUT2D eigenvalue weighted by molar-refractivity contribution is 7.89. The highest BCUT2D eigenvalue weighted by Gasteiger charge is 2.25. The molecule has 0 aliphatic carbocycles. The minimum Gasteiger partial charge on any atom is -0.496 e. The molecule has 0 radical (unpaired) electrons. The largest absolute Gasteiger partial charge is 0.496 e. The van der Waals surface area contributed by atoms with E-state index >= 15 is 0 Å². The van der Waals surface area contributed by atoms with Gasteiger partial charge in [-0.05, 0) is 42.5 Å². The van der Waals surface area contributed by atoms with Crippen LogP contribution < -0.4 is 9.46 Å². The molecule has 0 saturated heterocycles. The molecule has 0 unspecified atom stereocenters. The van der Waals surface area contributed by atoms with Crippen LogP contribution in [0.4, 0.5) is 0 Å². The summed E-state index contributed by atoms with van der Waals surface area (Å²) in [5.74, 6) is 0.859. The average molecular weight is 432 g/mol. The SMILES string of the molecule is CCCS(=O)(=O)NCc1c(C)ncc2c1CCN(C(=O)Cc1ccccc1OC)C2. The highest BCUT2D eigenvalue weighted by atomic mass is 32.2.